The SMILES string of the molecule is CCc1ccc(S(=O)(=O)N2c3ccc(CC4(C)CC(=O)C5=C(C4)Nc4ccccc4NC5c4ccc(F)cc4)cc3NC3=C(C(=O)CCC3)C2c2ccc(-c3ccc4c(c3)C3ONc5c(N6CCN(CCO)CC6)cc(N6CCCCC6)c(c53)C4=O)o2)cc1. The van der Waals surface area contributed by atoms with Crippen LogP contribution in [0.3, 0.4) is 0 Å². The van der Waals surface area contributed by atoms with Crippen LogP contribution in [0.5, 0.6) is 0 Å². The Balaban J connectivity index is 0.798. The Morgan fingerprint density at radius 2 is 1.45 bits per heavy atom. The lowest BCUT2D eigenvalue weighted by molar-refractivity contribution is -0.118. The number of carbonyl (C=O) groups is 3. The summed E-state index contributed by atoms with van der Waals surface area (Å²) >= 11 is 0. The summed E-state index contributed by atoms with van der Waals surface area (Å²) in [5.41, 5.74) is 16.1. The third-order valence-corrected chi connectivity index (χ3v) is 21.4. The minimum absolute atomic E-state index is 0.0321. The van der Waals surface area contributed by atoms with E-state index in [2.05, 4.69) is 49.1 Å². The van der Waals surface area contributed by atoms with Crippen LogP contribution in [0.1, 0.15) is 133 Å². The topological polar surface area (TPSA) is 189 Å². The Hall–Kier alpha value is -8.55. The quantitative estimate of drug-likeness (QED) is 0.0776. The molecule has 0 saturated carbocycles. The molecule has 8 aliphatic rings. The number of benzene rings is 6. The number of carbonyl (C=O) groups excluding carboxylic acids is 3. The summed E-state index contributed by atoms with van der Waals surface area (Å²) in [7, 11) is -4.48. The largest absolute Gasteiger partial charge is 0.458 e. The van der Waals surface area contributed by atoms with Crippen molar-refractivity contribution in [1.29, 1.82) is 0 Å². The highest BCUT2D eigenvalue weighted by Crippen LogP contribution is 2.55. The van der Waals surface area contributed by atoms with Crippen molar-refractivity contribution in [3.8, 4) is 11.3 Å². The van der Waals surface area contributed by atoms with E-state index < -0.39 is 33.6 Å². The lowest BCUT2D eigenvalue weighted by atomic mass is 9.69. The van der Waals surface area contributed by atoms with E-state index in [1.807, 2.05) is 79.7 Å². The highest BCUT2D eigenvalue weighted by molar-refractivity contribution is 7.92. The number of anilines is 7. The van der Waals surface area contributed by atoms with E-state index in [1.165, 1.54) is 16.4 Å². The first-order chi connectivity index (χ1) is 43.2. The Morgan fingerprint density at radius 1 is 0.697 bits per heavy atom. The van der Waals surface area contributed by atoms with Gasteiger partial charge in [0.1, 0.15) is 29.5 Å². The van der Waals surface area contributed by atoms with Gasteiger partial charge in [0.25, 0.3) is 10.0 Å². The molecule has 0 spiro atoms. The number of furan rings is 1. The smallest absolute Gasteiger partial charge is 0.265 e. The molecular formula is C71H71FN8O8S. The predicted octanol–water partition coefficient (Wildman–Crippen LogP) is 12.6. The number of para-hydroxylation sites is 2. The lowest BCUT2D eigenvalue weighted by Crippen LogP contribution is -2.47. The van der Waals surface area contributed by atoms with Gasteiger partial charge in [0.2, 0.25) is 0 Å². The van der Waals surface area contributed by atoms with Crippen LogP contribution in [0.4, 0.5) is 44.2 Å². The molecule has 2 saturated heterocycles. The number of nitrogens with one attached hydrogen (secondary N) is 4. The fraction of sp³-hybridized carbons (Fsp3) is 0.338. The van der Waals surface area contributed by atoms with Crippen molar-refractivity contribution in [2.24, 2.45) is 5.41 Å². The average molecular weight is 1220 g/mol. The molecule has 2 fully saturated rings. The standard InChI is InChI=1S/C71H71FN8O8S/c1-3-42-14-22-47(23-15-42)89(85,86)80-55-25-16-43(39-71(2)40-54-62(59(83)41-71)66(44-17-20-46(72)21-18-44)75-51-11-6-5-10-50(51)73-54)36-53(55)74-52-12-9-13-58(82)63(52)68(80)61-27-26-60(87-61)45-19-24-48-49(37-45)70-65-64(69(48)84)56(78-28-7-4-8-29-78)38-57(67(65)76-88-70)79-32-30-77(31-33-79)34-35-81/h5-6,10-11,14-27,36-38,66,68,70,73-76,81H,3-4,7-9,12-13,28-35,39-41H2,1-2H3. The van der Waals surface area contributed by atoms with Gasteiger partial charge < -0.3 is 35.3 Å². The summed E-state index contributed by atoms with van der Waals surface area (Å²) in [4.78, 5) is 58.3. The maximum atomic E-state index is 15.9. The molecule has 456 valence electrons. The van der Waals surface area contributed by atoms with Crippen LogP contribution in [0, 0.1) is 11.2 Å². The number of sulfonamides is 1. The van der Waals surface area contributed by atoms with Crippen LogP contribution in [0.15, 0.2) is 159 Å². The van der Waals surface area contributed by atoms with E-state index >= 15 is 13.2 Å². The third kappa shape index (κ3) is 9.99. The van der Waals surface area contributed by atoms with Gasteiger partial charge in [-0.3, -0.25) is 29.6 Å². The third-order valence-electron chi connectivity index (χ3n) is 19.6. The van der Waals surface area contributed by atoms with Gasteiger partial charge in [-0.1, -0.05) is 62.4 Å². The first-order valence-electron chi connectivity index (χ1n) is 31.4. The van der Waals surface area contributed by atoms with Crippen molar-refractivity contribution in [2.75, 3.05) is 88.0 Å². The second-order valence-corrected chi connectivity index (χ2v) is 27.2. The minimum Gasteiger partial charge on any atom is -0.458 e. The number of aliphatic hydroxyl groups is 1. The fourth-order valence-electron chi connectivity index (χ4n) is 15.2. The molecule has 18 heteroatoms. The van der Waals surface area contributed by atoms with E-state index in [9.17, 15) is 19.1 Å². The molecule has 0 radical (unpaired) electrons. The zero-order chi connectivity index (χ0) is 60.9. The number of β-amino-alcohol motifs (C(OH)–C–C–N with tert-alkyl or cyclic N) is 1. The van der Waals surface area contributed by atoms with Crippen LogP contribution < -0.4 is 35.5 Å². The molecule has 1 aromatic heterocycles. The van der Waals surface area contributed by atoms with Crippen LogP contribution in [0.2, 0.25) is 0 Å². The summed E-state index contributed by atoms with van der Waals surface area (Å²) in [6.45, 7) is 9.65. The summed E-state index contributed by atoms with van der Waals surface area (Å²) in [6.07, 6.45) is 5.74. The summed E-state index contributed by atoms with van der Waals surface area (Å²) in [6, 6.07) is 36.3. The molecule has 7 aromatic rings. The van der Waals surface area contributed by atoms with Crippen molar-refractivity contribution in [3.05, 3.63) is 200 Å². The number of allylic oxidation sites excluding steroid dienone is 2. The molecule has 5 aliphatic heterocycles. The van der Waals surface area contributed by atoms with Gasteiger partial charge in [-0.25, -0.2) is 17.1 Å². The lowest BCUT2D eigenvalue weighted by Gasteiger charge is -2.38. The number of hydrogen-bond donors (Lipinski definition) is 5. The number of hydrogen-bond acceptors (Lipinski definition) is 15. The van der Waals surface area contributed by atoms with Crippen molar-refractivity contribution < 1.29 is 41.6 Å². The van der Waals surface area contributed by atoms with Crippen LogP contribution in [-0.4, -0.2) is 88.2 Å². The molecule has 16 nitrogen and oxygen atoms in total. The summed E-state index contributed by atoms with van der Waals surface area (Å²) < 4.78 is 54.3. The monoisotopic (exact) mass is 1210 g/mol. The Kier molecular flexibility index (Phi) is 14.4. The molecule has 15 rings (SSSR count). The first kappa shape index (κ1) is 56.9. The molecule has 0 amide bonds. The highest BCUT2D eigenvalue weighted by Gasteiger charge is 2.47. The Labute approximate surface area is 517 Å². The van der Waals surface area contributed by atoms with Gasteiger partial charge in [-0.05, 0) is 158 Å². The molecular weight excluding hydrogens is 1140 g/mol. The summed E-state index contributed by atoms with van der Waals surface area (Å²) in [5, 5.41) is 20.5. The zero-order valence-corrected chi connectivity index (χ0v) is 50.8. The average Bonchev–Trinajstić information content (AvgIpc) is 1.72. The van der Waals surface area contributed by atoms with E-state index in [0.717, 1.165) is 115 Å². The number of Topliss-reactive ketones (excluding diaryl/α,β-unsaturated/α-hetero) is 2. The van der Waals surface area contributed by atoms with Crippen molar-refractivity contribution in [2.45, 2.75) is 101 Å². The molecule has 89 heavy (non-hydrogen) atoms. The maximum Gasteiger partial charge on any atom is 0.265 e. The number of fused-ring (bicyclic) bond motifs is 4. The molecule has 5 N–H and O–H groups in total. The van der Waals surface area contributed by atoms with Crippen LogP contribution in [0.25, 0.3) is 11.3 Å². The number of nitrogens with zero attached hydrogens (tertiary/aromatic N) is 4. The number of aliphatic hydroxyl groups excluding tert-OH is 1. The molecule has 6 heterocycles. The van der Waals surface area contributed by atoms with Gasteiger partial charge in [-0.2, -0.15) is 0 Å². The number of piperidine rings is 1. The number of piperazine rings is 1. The molecule has 3 aliphatic carbocycles. The van der Waals surface area contributed by atoms with Gasteiger partial charge in [0.05, 0.1) is 62.9 Å². The minimum atomic E-state index is -4.48. The second kappa shape index (κ2) is 22.5. The molecule has 4 unspecified atom stereocenters. The van der Waals surface area contributed by atoms with Crippen LogP contribution >= 0.6 is 0 Å². The highest BCUT2D eigenvalue weighted by atomic mass is 32.2. The normalized spacial score (nSPS) is 22.4. The zero-order valence-electron chi connectivity index (χ0n) is 50.0. The van der Waals surface area contributed by atoms with Crippen molar-refractivity contribution >= 4 is 67.2 Å². The second-order valence-electron chi connectivity index (χ2n) is 25.4. The van der Waals surface area contributed by atoms with Gasteiger partial charge in [0.15, 0.2) is 17.3 Å². The molecule has 6 aromatic carbocycles. The Morgan fingerprint density at radius 3 is 2.22 bits per heavy atom. The van der Waals surface area contributed by atoms with Crippen molar-refractivity contribution in [1.82, 2.24) is 4.90 Å². The van der Waals surface area contributed by atoms with E-state index in [-0.39, 0.29) is 53.3 Å². The molecule has 4 atom stereocenters. The van der Waals surface area contributed by atoms with Crippen molar-refractivity contribution in [3.63, 3.8) is 0 Å². The maximum absolute atomic E-state index is 15.9. The number of aryl methyl sites for hydroxylation is 1. The fourth-order valence-corrected chi connectivity index (χ4v) is 16.8. The van der Waals surface area contributed by atoms with E-state index in [1.54, 1.807) is 36.4 Å². The number of halogens is 1. The van der Waals surface area contributed by atoms with Gasteiger partial charge in [0, 0.05) is 97.9 Å². The number of rotatable bonds is 12. The van der Waals surface area contributed by atoms with Gasteiger partial charge in [-0.15, -0.1) is 0 Å². The molecule has 0 bridgehead atoms. The van der Waals surface area contributed by atoms with Crippen LogP contribution in [-0.2, 0) is 37.3 Å². The number of ketones is 3. The summed E-state index contributed by atoms with van der Waals surface area (Å²) in [5.74, 6) is -0.00305. The van der Waals surface area contributed by atoms with E-state index in [0.29, 0.717) is 94.9 Å². The predicted molar refractivity (Wildman–Crippen MR) is 342 cm³/mol. The van der Waals surface area contributed by atoms with E-state index in [4.69, 9.17) is 9.25 Å². The first-order valence-corrected chi connectivity index (χ1v) is 32.9. The van der Waals surface area contributed by atoms with Gasteiger partial charge >= 0.3 is 0 Å². The Bertz CT molecular complexity index is 4220.